The molecule has 2 unspecified atom stereocenters. The maximum Gasteiger partial charge on any atom is 0.318 e. The van der Waals surface area contributed by atoms with Gasteiger partial charge in [0.15, 0.2) is 5.82 Å². The molecule has 0 aliphatic carbocycles. The van der Waals surface area contributed by atoms with Gasteiger partial charge in [-0.25, -0.2) is 23.2 Å². The van der Waals surface area contributed by atoms with Crippen molar-refractivity contribution in [2.75, 3.05) is 36.6 Å². The fraction of sp³-hybridized carbons (Fsp3) is 0.476. The van der Waals surface area contributed by atoms with Crippen LogP contribution in [0.15, 0.2) is 24.3 Å². The number of urea groups is 1. The summed E-state index contributed by atoms with van der Waals surface area (Å²) < 4.78 is 31.8. The molecule has 32 heavy (non-hydrogen) atoms. The SMILES string of the molecule is CNC(=O)Nc1ccc(-c2nc3c(c(N4CC5CCC(C4)O5)n2)CN(S(C)(=O)=O)C3)cc1. The second kappa shape index (κ2) is 7.98. The molecule has 0 saturated carbocycles. The number of rotatable bonds is 4. The van der Waals surface area contributed by atoms with Crippen molar-refractivity contribution in [2.45, 2.75) is 38.1 Å². The van der Waals surface area contributed by atoms with Gasteiger partial charge in [-0.05, 0) is 37.1 Å². The summed E-state index contributed by atoms with van der Waals surface area (Å²) in [6.07, 6.45) is 3.67. The zero-order valence-electron chi connectivity index (χ0n) is 18.0. The van der Waals surface area contributed by atoms with Crippen LogP contribution in [0.2, 0.25) is 0 Å². The molecule has 2 aromatic rings. The number of fused-ring (bicyclic) bond motifs is 3. The quantitative estimate of drug-likeness (QED) is 0.714. The normalized spacial score (nSPS) is 22.6. The third-order valence-corrected chi connectivity index (χ3v) is 7.37. The first-order chi connectivity index (χ1) is 15.3. The van der Waals surface area contributed by atoms with Crippen LogP contribution >= 0.6 is 0 Å². The van der Waals surface area contributed by atoms with Crippen molar-refractivity contribution in [2.24, 2.45) is 0 Å². The highest BCUT2D eigenvalue weighted by Crippen LogP contribution is 2.36. The number of amides is 2. The number of aromatic nitrogens is 2. The molecule has 4 heterocycles. The fourth-order valence-electron chi connectivity index (χ4n) is 4.52. The maximum atomic E-state index is 12.2. The molecule has 2 saturated heterocycles. The van der Waals surface area contributed by atoms with Gasteiger partial charge in [-0.15, -0.1) is 0 Å². The Labute approximate surface area is 187 Å². The molecule has 1 aromatic carbocycles. The van der Waals surface area contributed by atoms with Gasteiger partial charge in [0.05, 0.1) is 30.7 Å². The minimum atomic E-state index is -3.35. The van der Waals surface area contributed by atoms with E-state index in [1.54, 1.807) is 19.2 Å². The van der Waals surface area contributed by atoms with Crippen LogP contribution in [-0.2, 0) is 27.8 Å². The number of anilines is 2. The predicted molar refractivity (Wildman–Crippen MR) is 120 cm³/mol. The van der Waals surface area contributed by atoms with E-state index in [0.717, 1.165) is 48.6 Å². The van der Waals surface area contributed by atoms with E-state index >= 15 is 0 Å². The predicted octanol–water partition coefficient (Wildman–Crippen LogP) is 1.54. The standard InChI is InChI=1S/C21H26N6O4S/c1-22-21(28)23-14-5-3-13(4-6-14)19-24-18-12-27(32(2,29)30)11-17(18)20(25-19)26-9-15-7-8-16(10-26)31-15/h3-6,15-16H,7-12H2,1-2H3,(H2,22,23,28). The van der Waals surface area contributed by atoms with E-state index in [9.17, 15) is 13.2 Å². The van der Waals surface area contributed by atoms with Gasteiger partial charge >= 0.3 is 6.03 Å². The number of benzene rings is 1. The van der Waals surface area contributed by atoms with Crippen molar-refractivity contribution in [1.82, 2.24) is 19.6 Å². The van der Waals surface area contributed by atoms with E-state index in [4.69, 9.17) is 14.7 Å². The van der Waals surface area contributed by atoms with Crippen LogP contribution in [0.25, 0.3) is 11.4 Å². The van der Waals surface area contributed by atoms with E-state index in [2.05, 4.69) is 15.5 Å². The molecule has 3 aliphatic heterocycles. The van der Waals surface area contributed by atoms with Crippen LogP contribution in [-0.4, -0.2) is 67.3 Å². The molecule has 170 valence electrons. The Morgan fingerprint density at radius 3 is 2.41 bits per heavy atom. The average molecular weight is 459 g/mol. The largest absolute Gasteiger partial charge is 0.371 e. The molecule has 0 spiro atoms. The Hall–Kier alpha value is -2.76. The highest BCUT2D eigenvalue weighted by atomic mass is 32.2. The minimum Gasteiger partial charge on any atom is -0.371 e. The van der Waals surface area contributed by atoms with Crippen molar-refractivity contribution in [1.29, 1.82) is 0 Å². The Bertz CT molecular complexity index is 1140. The van der Waals surface area contributed by atoms with Crippen molar-refractivity contribution in [3.05, 3.63) is 35.5 Å². The highest BCUT2D eigenvalue weighted by molar-refractivity contribution is 7.88. The summed E-state index contributed by atoms with van der Waals surface area (Å²) in [7, 11) is -1.79. The molecule has 2 N–H and O–H groups in total. The summed E-state index contributed by atoms with van der Waals surface area (Å²) in [5.41, 5.74) is 3.06. The average Bonchev–Trinajstić information content (AvgIpc) is 3.36. The summed E-state index contributed by atoms with van der Waals surface area (Å²) in [6, 6.07) is 6.99. The van der Waals surface area contributed by atoms with Crippen LogP contribution < -0.4 is 15.5 Å². The third-order valence-electron chi connectivity index (χ3n) is 6.17. The number of ether oxygens (including phenoxy) is 1. The van der Waals surface area contributed by atoms with Crippen LogP contribution in [0, 0.1) is 0 Å². The lowest BCUT2D eigenvalue weighted by atomic mass is 10.1. The Morgan fingerprint density at radius 1 is 1.09 bits per heavy atom. The fourth-order valence-corrected chi connectivity index (χ4v) is 5.24. The number of morpholine rings is 1. The molecule has 2 amide bonds. The van der Waals surface area contributed by atoms with Crippen molar-refractivity contribution in [3.63, 3.8) is 0 Å². The molecule has 5 rings (SSSR count). The monoisotopic (exact) mass is 458 g/mol. The van der Waals surface area contributed by atoms with Gasteiger partial charge in [-0.3, -0.25) is 0 Å². The second-order valence-corrected chi connectivity index (χ2v) is 10.5. The number of nitrogens with zero attached hydrogens (tertiary/aromatic N) is 4. The molecule has 0 radical (unpaired) electrons. The van der Waals surface area contributed by atoms with Gasteiger partial charge in [0, 0.05) is 43.5 Å². The minimum absolute atomic E-state index is 0.185. The zero-order chi connectivity index (χ0) is 22.5. The second-order valence-electron chi connectivity index (χ2n) is 8.47. The topological polar surface area (TPSA) is 117 Å². The molecule has 2 atom stereocenters. The molecule has 11 heteroatoms. The van der Waals surface area contributed by atoms with Crippen molar-refractivity contribution < 1.29 is 17.9 Å². The summed E-state index contributed by atoms with van der Waals surface area (Å²) in [5, 5.41) is 5.24. The van der Waals surface area contributed by atoms with Crippen LogP contribution in [0.5, 0.6) is 0 Å². The maximum absolute atomic E-state index is 12.2. The molecular formula is C21H26N6O4S. The highest BCUT2D eigenvalue weighted by Gasteiger charge is 2.38. The van der Waals surface area contributed by atoms with E-state index < -0.39 is 10.0 Å². The van der Waals surface area contributed by atoms with Crippen LogP contribution in [0.1, 0.15) is 24.1 Å². The van der Waals surface area contributed by atoms with Gasteiger partial charge in [0.2, 0.25) is 10.0 Å². The number of sulfonamides is 1. The van der Waals surface area contributed by atoms with E-state index in [1.807, 2.05) is 12.1 Å². The number of nitrogens with one attached hydrogen (secondary N) is 2. The van der Waals surface area contributed by atoms with Crippen LogP contribution in [0.4, 0.5) is 16.3 Å². The van der Waals surface area contributed by atoms with Gasteiger partial charge in [-0.1, -0.05) is 0 Å². The lowest BCUT2D eigenvalue weighted by Gasteiger charge is -2.34. The smallest absolute Gasteiger partial charge is 0.318 e. The van der Waals surface area contributed by atoms with E-state index in [-0.39, 0.29) is 31.3 Å². The van der Waals surface area contributed by atoms with Crippen molar-refractivity contribution in [3.8, 4) is 11.4 Å². The lowest BCUT2D eigenvalue weighted by molar-refractivity contribution is 0.0301. The van der Waals surface area contributed by atoms with Crippen molar-refractivity contribution >= 4 is 27.6 Å². The summed E-state index contributed by atoms with van der Waals surface area (Å²) in [6.45, 7) is 2.01. The van der Waals surface area contributed by atoms with Gasteiger partial charge < -0.3 is 20.3 Å². The molecule has 2 fully saturated rings. The van der Waals surface area contributed by atoms with Gasteiger partial charge in [-0.2, -0.15) is 4.31 Å². The summed E-state index contributed by atoms with van der Waals surface area (Å²) >= 11 is 0. The third kappa shape index (κ3) is 4.03. The number of carbonyl (C=O) groups excluding carboxylic acids is 1. The zero-order valence-corrected chi connectivity index (χ0v) is 18.9. The van der Waals surface area contributed by atoms with Gasteiger partial charge in [0.1, 0.15) is 5.82 Å². The van der Waals surface area contributed by atoms with Gasteiger partial charge in [0.25, 0.3) is 0 Å². The lowest BCUT2D eigenvalue weighted by Crippen LogP contribution is -2.43. The first kappa shape index (κ1) is 21.1. The molecule has 10 nitrogen and oxygen atoms in total. The molecule has 3 aliphatic rings. The van der Waals surface area contributed by atoms with E-state index in [0.29, 0.717) is 11.5 Å². The molecule has 1 aromatic heterocycles. The molecular weight excluding hydrogens is 432 g/mol. The Balaban J connectivity index is 1.51. The first-order valence-electron chi connectivity index (χ1n) is 10.6. The number of hydrogen-bond donors (Lipinski definition) is 2. The first-order valence-corrected chi connectivity index (χ1v) is 12.5. The molecule has 2 bridgehead atoms. The Morgan fingerprint density at radius 2 is 1.78 bits per heavy atom. The Kier molecular flexibility index (Phi) is 5.26. The summed E-state index contributed by atoms with van der Waals surface area (Å²) in [5.74, 6) is 1.34. The van der Waals surface area contributed by atoms with E-state index in [1.165, 1.54) is 10.6 Å². The summed E-state index contributed by atoms with van der Waals surface area (Å²) in [4.78, 5) is 23.4. The number of hydrogen-bond acceptors (Lipinski definition) is 7. The van der Waals surface area contributed by atoms with Crippen LogP contribution in [0.3, 0.4) is 0 Å². The number of carbonyl (C=O) groups is 1.